The van der Waals surface area contributed by atoms with Crippen molar-refractivity contribution in [2.45, 2.75) is 31.9 Å². The summed E-state index contributed by atoms with van der Waals surface area (Å²) in [6, 6.07) is 0.330. The minimum atomic E-state index is 0.268. The van der Waals surface area contributed by atoms with Crippen molar-refractivity contribution in [3.8, 4) is 0 Å². The van der Waals surface area contributed by atoms with E-state index in [4.69, 9.17) is 9.47 Å². The van der Waals surface area contributed by atoms with Gasteiger partial charge < -0.3 is 14.6 Å². The lowest BCUT2D eigenvalue weighted by Crippen LogP contribution is -2.42. The molecule has 4 nitrogen and oxygen atoms in total. The normalized spacial score (nSPS) is 38.4. The number of ether oxygens (including phenoxy) is 2. The summed E-state index contributed by atoms with van der Waals surface area (Å²) in [5.74, 6) is 0.606. The van der Waals surface area contributed by atoms with Gasteiger partial charge in [-0.15, -0.1) is 0 Å². The van der Waals surface area contributed by atoms with Gasteiger partial charge in [-0.3, -0.25) is 4.90 Å². The van der Waals surface area contributed by atoms with Gasteiger partial charge in [0.25, 0.3) is 0 Å². The molecule has 2 rings (SSSR count). The molecule has 3 atom stereocenters. The van der Waals surface area contributed by atoms with Gasteiger partial charge in [-0.1, -0.05) is 6.92 Å². The van der Waals surface area contributed by atoms with E-state index in [1.54, 1.807) is 0 Å². The molecule has 0 saturated carbocycles. The number of nitrogens with zero attached hydrogens (tertiary/aromatic N) is 1. The first-order valence-electron chi connectivity index (χ1n) is 5.85. The quantitative estimate of drug-likeness (QED) is 0.742. The molecule has 0 spiro atoms. The predicted octanol–water partition coefficient (Wildman–Crippen LogP) is 0.452. The highest BCUT2D eigenvalue weighted by Gasteiger charge is 2.32. The molecule has 0 aliphatic carbocycles. The van der Waals surface area contributed by atoms with E-state index in [-0.39, 0.29) is 12.7 Å². The molecular formula is C11H21NO3. The maximum Gasteiger partial charge on any atom is 0.147 e. The highest BCUT2D eigenvalue weighted by atomic mass is 16.7. The Labute approximate surface area is 91.2 Å². The van der Waals surface area contributed by atoms with E-state index in [1.807, 2.05) is 0 Å². The molecule has 0 radical (unpaired) electrons. The number of likely N-dealkylation sites (tertiary alicyclic amines) is 1. The summed E-state index contributed by atoms with van der Waals surface area (Å²) >= 11 is 0. The first-order valence-corrected chi connectivity index (χ1v) is 5.85. The van der Waals surface area contributed by atoms with E-state index in [0.717, 1.165) is 26.1 Å². The van der Waals surface area contributed by atoms with E-state index >= 15 is 0 Å². The van der Waals surface area contributed by atoms with Crippen molar-refractivity contribution < 1.29 is 14.6 Å². The fraction of sp³-hybridized carbons (Fsp3) is 1.00. The van der Waals surface area contributed by atoms with Crippen molar-refractivity contribution in [2.24, 2.45) is 5.92 Å². The zero-order chi connectivity index (χ0) is 10.7. The van der Waals surface area contributed by atoms with E-state index in [2.05, 4.69) is 11.8 Å². The third kappa shape index (κ3) is 2.69. The molecule has 4 heteroatoms. The highest BCUT2D eigenvalue weighted by molar-refractivity contribution is 4.85. The molecule has 88 valence electrons. The zero-order valence-corrected chi connectivity index (χ0v) is 9.39. The fourth-order valence-electron chi connectivity index (χ4n) is 2.52. The summed E-state index contributed by atoms with van der Waals surface area (Å²) in [5.41, 5.74) is 0. The smallest absolute Gasteiger partial charge is 0.147 e. The van der Waals surface area contributed by atoms with Gasteiger partial charge in [-0.2, -0.15) is 0 Å². The van der Waals surface area contributed by atoms with Crippen LogP contribution in [0, 0.1) is 5.92 Å². The molecule has 0 aromatic rings. The van der Waals surface area contributed by atoms with E-state index in [1.165, 1.54) is 6.42 Å². The van der Waals surface area contributed by atoms with Crippen LogP contribution in [-0.4, -0.2) is 55.2 Å². The molecule has 0 bridgehead atoms. The van der Waals surface area contributed by atoms with Gasteiger partial charge in [0, 0.05) is 12.6 Å². The van der Waals surface area contributed by atoms with Crippen LogP contribution in [0.25, 0.3) is 0 Å². The molecule has 0 aromatic heterocycles. The topological polar surface area (TPSA) is 41.9 Å². The number of rotatable bonds is 3. The van der Waals surface area contributed by atoms with Gasteiger partial charge in [0.2, 0.25) is 0 Å². The summed E-state index contributed by atoms with van der Waals surface area (Å²) in [5, 5.41) is 9.33. The number of hydrogen-bond donors (Lipinski definition) is 1. The maximum atomic E-state index is 9.33. The summed E-state index contributed by atoms with van der Waals surface area (Å²) in [6.07, 6.45) is 2.45. The van der Waals surface area contributed by atoms with Gasteiger partial charge in [-0.05, 0) is 25.3 Å². The minimum absolute atomic E-state index is 0.268. The van der Waals surface area contributed by atoms with Crippen molar-refractivity contribution in [3.05, 3.63) is 0 Å². The Balaban J connectivity index is 1.82. The molecule has 2 aliphatic rings. The molecule has 15 heavy (non-hydrogen) atoms. The number of aliphatic hydroxyl groups excluding tert-OH is 1. The Morgan fingerprint density at radius 3 is 2.93 bits per heavy atom. The Bertz CT molecular complexity index is 194. The summed E-state index contributed by atoms with van der Waals surface area (Å²) in [7, 11) is 0. The van der Waals surface area contributed by atoms with Gasteiger partial charge >= 0.3 is 0 Å². The third-order valence-corrected chi connectivity index (χ3v) is 3.59. The van der Waals surface area contributed by atoms with Crippen LogP contribution in [0.5, 0.6) is 0 Å². The molecular weight excluding hydrogens is 194 g/mol. The second kappa shape index (κ2) is 5.25. The first-order chi connectivity index (χ1) is 7.31. The Morgan fingerprint density at radius 2 is 2.27 bits per heavy atom. The fourth-order valence-corrected chi connectivity index (χ4v) is 2.52. The summed E-state index contributed by atoms with van der Waals surface area (Å²) in [4.78, 5) is 2.36. The molecule has 2 heterocycles. The van der Waals surface area contributed by atoms with Crippen molar-refractivity contribution in [1.29, 1.82) is 0 Å². The Kier molecular flexibility index (Phi) is 3.97. The van der Waals surface area contributed by atoms with Crippen LogP contribution in [-0.2, 0) is 9.47 Å². The number of aliphatic hydroxyl groups is 1. The lowest BCUT2D eigenvalue weighted by Gasteiger charge is -2.31. The maximum absolute atomic E-state index is 9.33. The summed E-state index contributed by atoms with van der Waals surface area (Å²) < 4.78 is 10.7. The highest BCUT2D eigenvalue weighted by Crippen LogP contribution is 2.24. The molecule has 2 saturated heterocycles. The molecule has 2 aliphatic heterocycles. The lowest BCUT2D eigenvalue weighted by molar-refractivity contribution is -0.145. The van der Waals surface area contributed by atoms with Crippen molar-refractivity contribution in [1.82, 2.24) is 4.90 Å². The minimum Gasteiger partial charge on any atom is -0.395 e. The van der Waals surface area contributed by atoms with Crippen LogP contribution in [0.3, 0.4) is 0 Å². The first kappa shape index (κ1) is 11.3. The largest absolute Gasteiger partial charge is 0.395 e. The second-order valence-electron chi connectivity index (χ2n) is 4.61. The molecule has 1 N–H and O–H groups in total. The monoisotopic (exact) mass is 215 g/mol. The van der Waals surface area contributed by atoms with Gasteiger partial charge in [0.1, 0.15) is 6.79 Å². The molecule has 3 unspecified atom stereocenters. The van der Waals surface area contributed by atoms with Crippen LogP contribution in [0.15, 0.2) is 0 Å². The summed E-state index contributed by atoms with van der Waals surface area (Å²) in [6.45, 7) is 5.75. The average Bonchev–Trinajstić information content (AvgIpc) is 2.61. The van der Waals surface area contributed by atoms with Crippen LogP contribution < -0.4 is 0 Å². The van der Waals surface area contributed by atoms with Crippen molar-refractivity contribution in [2.75, 3.05) is 33.1 Å². The van der Waals surface area contributed by atoms with Gasteiger partial charge in [-0.25, -0.2) is 0 Å². The molecule has 2 fully saturated rings. The molecule has 0 aromatic carbocycles. The van der Waals surface area contributed by atoms with E-state index in [0.29, 0.717) is 18.8 Å². The third-order valence-electron chi connectivity index (χ3n) is 3.59. The van der Waals surface area contributed by atoms with Crippen molar-refractivity contribution in [3.63, 3.8) is 0 Å². The van der Waals surface area contributed by atoms with Gasteiger partial charge in [0.15, 0.2) is 0 Å². The Hall–Kier alpha value is -0.160. The number of hydrogen-bond acceptors (Lipinski definition) is 4. The van der Waals surface area contributed by atoms with Crippen molar-refractivity contribution >= 4 is 0 Å². The van der Waals surface area contributed by atoms with Crippen LogP contribution in [0.2, 0.25) is 0 Å². The average molecular weight is 215 g/mol. The van der Waals surface area contributed by atoms with Crippen LogP contribution in [0.1, 0.15) is 19.8 Å². The van der Waals surface area contributed by atoms with E-state index in [9.17, 15) is 5.11 Å². The predicted molar refractivity (Wildman–Crippen MR) is 56.5 cm³/mol. The Morgan fingerprint density at radius 1 is 1.40 bits per heavy atom. The lowest BCUT2D eigenvalue weighted by atomic mass is 10.0. The standard InChI is InChI=1S/C11H21NO3/c1-9-2-4-12(11(9)7-13)6-10-3-5-14-8-15-10/h9-11,13H,2-8H2,1H3. The molecule has 0 amide bonds. The van der Waals surface area contributed by atoms with E-state index < -0.39 is 0 Å². The zero-order valence-electron chi connectivity index (χ0n) is 9.39. The van der Waals surface area contributed by atoms with Crippen LogP contribution >= 0.6 is 0 Å². The van der Waals surface area contributed by atoms with Gasteiger partial charge in [0.05, 0.1) is 19.3 Å². The SMILES string of the molecule is CC1CCN(CC2CCOCO2)C1CO. The second-order valence-corrected chi connectivity index (χ2v) is 4.61. The van der Waals surface area contributed by atoms with Crippen LogP contribution in [0.4, 0.5) is 0 Å².